The van der Waals surface area contributed by atoms with Crippen LogP contribution >= 0.6 is 0 Å². The molecular weight excluding hydrogens is 208 g/mol. The van der Waals surface area contributed by atoms with Gasteiger partial charge in [-0.15, -0.1) is 0 Å². The summed E-state index contributed by atoms with van der Waals surface area (Å²) in [6, 6.07) is 8.96. The van der Waals surface area contributed by atoms with E-state index in [2.05, 4.69) is 57.3 Å². The SMILES string of the molecule is CC(C)(C)c1ccc(C2CNCC2(C)N)cc1. The van der Waals surface area contributed by atoms with Gasteiger partial charge in [-0.3, -0.25) is 0 Å². The van der Waals surface area contributed by atoms with E-state index in [1.54, 1.807) is 0 Å². The zero-order chi connectivity index (χ0) is 12.7. The van der Waals surface area contributed by atoms with Crippen molar-refractivity contribution in [2.45, 2.75) is 44.6 Å². The van der Waals surface area contributed by atoms with Gasteiger partial charge in [-0.2, -0.15) is 0 Å². The van der Waals surface area contributed by atoms with Crippen LogP contribution in [0.3, 0.4) is 0 Å². The highest BCUT2D eigenvalue weighted by Crippen LogP contribution is 2.31. The molecule has 0 aliphatic carbocycles. The Balaban J connectivity index is 2.24. The number of nitrogens with two attached hydrogens (primary N) is 1. The van der Waals surface area contributed by atoms with Gasteiger partial charge in [0.2, 0.25) is 0 Å². The normalized spacial score (nSPS) is 29.6. The van der Waals surface area contributed by atoms with Gasteiger partial charge in [0.1, 0.15) is 0 Å². The van der Waals surface area contributed by atoms with Gasteiger partial charge in [-0.25, -0.2) is 0 Å². The Morgan fingerprint density at radius 1 is 1.24 bits per heavy atom. The Labute approximate surface area is 105 Å². The van der Waals surface area contributed by atoms with Crippen LogP contribution in [0, 0.1) is 0 Å². The maximum atomic E-state index is 6.32. The lowest BCUT2D eigenvalue weighted by molar-refractivity contribution is 0.462. The lowest BCUT2D eigenvalue weighted by atomic mass is 9.81. The minimum absolute atomic E-state index is 0.122. The van der Waals surface area contributed by atoms with Crippen molar-refractivity contribution in [1.82, 2.24) is 5.32 Å². The first-order valence-electron chi connectivity index (χ1n) is 6.41. The fourth-order valence-corrected chi connectivity index (χ4v) is 2.56. The van der Waals surface area contributed by atoms with Crippen LogP contribution in [0.2, 0.25) is 0 Å². The second-order valence-corrected chi connectivity index (χ2v) is 6.56. The number of hydrogen-bond donors (Lipinski definition) is 2. The maximum Gasteiger partial charge on any atom is 0.0333 e. The molecule has 0 aromatic heterocycles. The van der Waals surface area contributed by atoms with Gasteiger partial charge in [0.05, 0.1) is 0 Å². The van der Waals surface area contributed by atoms with E-state index in [1.165, 1.54) is 11.1 Å². The molecule has 0 spiro atoms. The van der Waals surface area contributed by atoms with Gasteiger partial charge in [-0.05, 0) is 23.5 Å². The van der Waals surface area contributed by atoms with Gasteiger partial charge in [0, 0.05) is 24.5 Å². The van der Waals surface area contributed by atoms with Gasteiger partial charge >= 0.3 is 0 Å². The van der Waals surface area contributed by atoms with E-state index >= 15 is 0 Å². The fraction of sp³-hybridized carbons (Fsp3) is 0.600. The molecule has 0 radical (unpaired) electrons. The van der Waals surface area contributed by atoms with Crippen molar-refractivity contribution >= 4 is 0 Å². The summed E-state index contributed by atoms with van der Waals surface area (Å²) in [7, 11) is 0. The summed E-state index contributed by atoms with van der Waals surface area (Å²) >= 11 is 0. The average molecular weight is 232 g/mol. The summed E-state index contributed by atoms with van der Waals surface area (Å²) in [5, 5.41) is 3.38. The third-order valence-corrected chi connectivity index (χ3v) is 3.83. The van der Waals surface area contributed by atoms with Crippen LogP contribution in [0.4, 0.5) is 0 Å². The number of nitrogens with one attached hydrogen (secondary N) is 1. The van der Waals surface area contributed by atoms with E-state index in [9.17, 15) is 0 Å². The summed E-state index contributed by atoms with van der Waals surface area (Å²) < 4.78 is 0. The lowest BCUT2D eigenvalue weighted by Gasteiger charge is -2.27. The van der Waals surface area contributed by atoms with E-state index in [4.69, 9.17) is 5.73 Å². The van der Waals surface area contributed by atoms with Gasteiger partial charge in [0.15, 0.2) is 0 Å². The minimum atomic E-state index is -0.122. The second-order valence-electron chi connectivity index (χ2n) is 6.56. The molecule has 94 valence electrons. The summed E-state index contributed by atoms with van der Waals surface area (Å²) in [5.74, 6) is 0.427. The van der Waals surface area contributed by atoms with Crippen LogP contribution in [-0.4, -0.2) is 18.6 Å². The zero-order valence-electron chi connectivity index (χ0n) is 11.4. The Kier molecular flexibility index (Phi) is 3.04. The molecule has 0 amide bonds. The maximum absolute atomic E-state index is 6.32. The van der Waals surface area contributed by atoms with Crippen molar-refractivity contribution in [1.29, 1.82) is 0 Å². The summed E-state index contributed by atoms with van der Waals surface area (Å²) in [6.45, 7) is 10.8. The van der Waals surface area contributed by atoms with Crippen molar-refractivity contribution in [3.05, 3.63) is 35.4 Å². The zero-order valence-corrected chi connectivity index (χ0v) is 11.4. The molecule has 1 saturated heterocycles. The highest BCUT2D eigenvalue weighted by Gasteiger charge is 2.35. The van der Waals surface area contributed by atoms with Crippen LogP contribution in [0.5, 0.6) is 0 Å². The number of rotatable bonds is 1. The van der Waals surface area contributed by atoms with Crippen molar-refractivity contribution in [3.8, 4) is 0 Å². The van der Waals surface area contributed by atoms with E-state index in [-0.39, 0.29) is 11.0 Å². The molecule has 1 heterocycles. The third kappa shape index (κ3) is 2.53. The molecule has 1 aliphatic rings. The molecule has 1 fully saturated rings. The van der Waals surface area contributed by atoms with E-state index in [1.807, 2.05) is 0 Å². The highest BCUT2D eigenvalue weighted by molar-refractivity contribution is 5.32. The van der Waals surface area contributed by atoms with Crippen LogP contribution in [0.25, 0.3) is 0 Å². The predicted octanol–water partition coefficient (Wildman–Crippen LogP) is 2.39. The number of benzene rings is 1. The van der Waals surface area contributed by atoms with E-state index in [0.717, 1.165) is 13.1 Å². The number of hydrogen-bond acceptors (Lipinski definition) is 2. The van der Waals surface area contributed by atoms with Crippen LogP contribution in [-0.2, 0) is 5.41 Å². The summed E-state index contributed by atoms with van der Waals surface area (Å²) in [6.07, 6.45) is 0. The van der Waals surface area contributed by atoms with E-state index < -0.39 is 0 Å². The topological polar surface area (TPSA) is 38.0 Å². The predicted molar refractivity (Wildman–Crippen MR) is 73.3 cm³/mol. The first kappa shape index (κ1) is 12.6. The first-order valence-corrected chi connectivity index (χ1v) is 6.41. The van der Waals surface area contributed by atoms with Crippen molar-refractivity contribution < 1.29 is 0 Å². The van der Waals surface area contributed by atoms with Crippen molar-refractivity contribution in [2.24, 2.45) is 5.73 Å². The summed E-state index contributed by atoms with van der Waals surface area (Å²) in [5.41, 5.74) is 9.15. The van der Waals surface area contributed by atoms with Crippen molar-refractivity contribution in [2.75, 3.05) is 13.1 Å². The van der Waals surface area contributed by atoms with Crippen LogP contribution in [0.15, 0.2) is 24.3 Å². The fourth-order valence-electron chi connectivity index (χ4n) is 2.56. The molecule has 1 aromatic rings. The molecule has 2 unspecified atom stereocenters. The Bertz CT molecular complexity index is 384. The molecule has 17 heavy (non-hydrogen) atoms. The molecule has 1 aliphatic heterocycles. The van der Waals surface area contributed by atoms with Gasteiger partial charge in [-0.1, -0.05) is 45.0 Å². The molecule has 1 aromatic carbocycles. The monoisotopic (exact) mass is 232 g/mol. The van der Waals surface area contributed by atoms with Gasteiger partial charge in [0.25, 0.3) is 0 Å². The van der Waals surface area contributed by atoms with Crippen LogP contribution in [0.1, 0.15) is 44.7 Å². The standard InChI is InChI=1S/C15H24N2/c1-14(2,3)12-7-5-11(6-8-12)13-9-17-10-15(13,4)16/h5-8,13,17H,9-10,16H2,1-4H3. The third-order valence-electron chi connectivity index (χ3n) is 3.83. The molecule has 2 nitrogen and oxygen atoms in total. The molecule has 0 saturated carbocycles. The minimum Gasteiger partial charge on any atom is -0.324 e. The largest absolute Gasteiger partial charge is 0.324 e. The molecular formula is C15H24N2. The first-order chi connectivity index (χ1) is 7.81. The van der Waals surface area contributed by atoms with E-state index in [0.29, 0.717) is 5.92 Å². The van der Waals surface area contributed by atoms with Crippen molar-refractivity contribution in [3.63, 3.8) is 0 Å². The molecule has 3 N–H and O–H groups in total. The Morgan fingerprint density at radius 2 is 1.82 bits per heavy atom. The van der Waals surface area contributed by atoms with Crippen LogP contribution < -0.4 is 11.1 Å². The highest BCUT2D eigenvalue weighted by atomic mass is 15.0. The molecule has 0 bridgehead atoms. The Morgan fingerprint density at radius 3 is 2.24 bits per heavy atom. The molecule has 2 heteroatoms. The summed E-state index contributed by atoms with van der Waals surface area (Å²) in [4.78, 5) is 0. The molecule has 2 rings (SSSR count). The van der Waals surface area contributed by atoms with Gasteiger partial charge < -0.3 is 11.1 Å². The molecule has 2 atom stereocenters. The Hall–Kier alpha value is -0.860. The second kappa shape index (κ2) is 4.11. The average Bonchev–Trinajstić information content (AvgIpc) is 2.57. The quantitative estimate of drug-likeness (QED) is 0.780. The smallest absolute Gasteiger partial charge is 0.0333 e. The lowest BCUT2D eigenvalue weighted by Crippen LogP contribution is -2.42.